The Hall–Kier alpha value is -1.85. The van der Waals surface area contributed by atoms with Crippen molar-refractivity contribution in [2.45, 2.75) is 117 Å². The van der Waals surface area contributed by atoms with E-state index in [2.05, 4.69) is 13.8 Å². The maximum absolute atomic E-state index is 12.1. The van der Waals surface area contributed by atoms with Gasteiger partial charge in [-0.2, -0.15) is 0 Å². The minimum atomic E-state index is -1.09. The van der Waals surface area contributed by atoms with Crippen LogP contribution in [0.25, 0.3) is 0 Å². The first-order chi connectivity index (χ1) is 14.0. The molecule has 0 fully saturated rings. The summed E-state index contributed by atoms with van der Waals surface area (Å²) in [7, 11) is 0. The lowest BCUT2D eigenvalue weighted by atomic mass is 10.0. The predicted molar refractivity (Wildman–Crippen MR) is 111 cm³/mol. The molecule has 0 aliphatic carbocycles. The molecule has 29 heavy (non-hydrogen) atoms. The third-order valence-electron chi connectivity index (χ3n) is 5.00. The van der Waals surface area contributed by atoms with Gasteiger partial charge in [-0.15, -0.1) is 0 Å². The summed E-state index contributed by atoms with van der Waals surface area (Å²) in [5.41, 5.74) is 0.429. The molecule has 1 rings (SSSR count). The van der Waals surface area contributed by atoms with E-state index in [1.807, 2.05) is 0 Å². The second kappa shape index (κ2) is 15.1. The van der Waals surface area contributed by atoms with Crippen LogP contribution in [0, 0.1) is 0 Å². The van der Waals surface area contributed by atoms with Gasteiger partial charge in [0.05, 0.1) is 5.57 Å². The van der Waals surface area contributed by atoms with Crippen molar-refractivity contribution in [1.29, 1.82) is 0 Å². The number of carbonyl (C=O) groups is 3. The average Bonchev–Trinajstić information content (AvgIpc) is 3.03. The third-order valence-corrected chi connectivity index (χ3v) is 5.00. The van der Waals surface area contributed by atoms with Crippen molar-refractivity contribution in [3.63, 3.8) is 0 Å². The van der Waals surface area contributed by atoms with Gasteiger partial charge in [0.15, 0.2) is 0 Å². The molecule has 6 heteroatoms. The number of cyclic esters (lactones) is 1. The highest BCUT2D eigenvalue weighted by atomic mass is 16.7. The van der Waals surface area contributed by atoms with Crippen molar-refractivity contribution in [3.8, 4) is 0 Å². The van der Waals surface area contributed by atoms with Gasteiger partial charge in [-0.3, -0.25) is 9.59 Å². The SMILES string of the molecule is CCCCCCCCC(OC(C)=O)C1=CC(=O)OC1OC(=O)CCCCCCC. The topological polar surface area (TPSA) is 78.9 Å². The van der Waals surface area contributed by atoms with E-state index in [0.717, 1.165) is 51.4 Å². The number of carbonyl (C=O) groups excluding carboxylic acids is 3. The van der Waals surface area contributed by atoms with Gasteiger partial charge in [0.2, 0.25) is 0 Å². The fraction of sp³-hybridized carbons (Fsp3) is 0.783. The molecule has 0 aromatic carbocycles. The summed E-state index contributed by atoms with van der Waals surface area (Å²) in [6.45, 7) is 5.65. The highest BCUT2D eigenvalue weighted by molar-refractivity contribution is 5.86. The van der Waals surface area contributed by atoms with E-state index in [-0.39, 0.29) is 0 Å². The molecule has 0 aromatic heterocycles. The van der Waals surface area contributed by atoms with Crippen LogP contribution in [0.1, 0.15) is 104 Å². The molecule has 1 aliphatic rings. The number of esters is 3. The Bertz CT molecular complexity index is 539. The van der Waals surface area contributed by atoms with E-state index < -0.39 is 30.3 Å². The highest BCUT2D eigenvalue weighted by Gasteiger charge is 2.36. The molecule has 2 unspecified atom stereocenters. The highest BCUT2D eigenvalue weighted by Crippen LogP contribution is 2.27. The summed E-state index contributed by atoms with van der Waals surface area (Å²) in [5.74, 6) is -1.39. The molecule has 0 amide bonds. The van der Waals surface area contributed by atoms with Gasteiger partial charge in [0, 0.05) is 19.4 Å². The smallest absolute Gasteiger partial charge is 0.334 e. The number of hydrogen-bond donors (Lipinski definition) is 0. The lowest BCUT2D eigenvalue weighted by Gasteiger charge is -2.22. The van der Waals surface area contributed by atoms with Gasteiger partial charge in [-0.1, -0.05) is 71.6 Å². The predicted octanol–water partition coefficient (Wildman–Crippen LogP) is 5.38. The molecule has 0 radical (unpaired) electrons. The Balaban J connectivity index is 2.55. The van der Waals surface area contributed by atoms with Crippen LogP contribution in [-0.4, -0.2) is 30.3 Å². The second-order valence-corrected chi connectivity index (χ2v) is 7.72. The second-order valence-electron chi connectivity index (χ2n) is 7.72. The number of unbranched alkanes of at least 4 members (excludes halogenated alkanes) is 9. The van der Waals surface area contributed by atoms with Crippen LogP contribution in [0.2, 0.25) is 0 Å². The quantitative estimate of drug-likeness (QED) is 0.251. The van der Waals surface area contributed by atoms with Gasteiger partial charge in [0.1, 0.15) is 6.10 Å². The molecular weight excluding hydrogens is 372 g/mol. The summed E-state index contributed by atoms with van der Waals surface area (Å²) >= 11 is 0. The van der Waals surface area contributed by atoms with Crippen LogP contribution in [0.4, 0.5) is 0 Å². The number of hydrogen-bond acceptors (Lipinski definition) is 6. The summed E-state index contributed by atoms with van der Waals surface area (Å²) in [4.78, 5) is 35.5. The summed E-state index contributed by atoms with van der Waals surface area (Å²) < 4.78 is 15.9. The Morgan fingerprint density at radius 3 is 2.17 bits per heavy atom. The fourth-order valence-corrected chi connectivity index (χ4v) is 3.40. The summed E-state index contributed by atoms with van der Waals surface area (Å²) in [5, 5.41) is 0. The molecule has 1 aliphatic heterocycles. The molecule has 0 spiro atoms. The van der Waals surface area contributed by atoms with Crippen LogP contribution in [0.3, 0.4) is 0 Å². The molecule has 6 nitrogen and oxygen atoms in total. The molecule has 0 aromatic rings. The Labute approximate surface area is 175 Å². The molecule has 0 N–H and O–H groups in total. The third kappa shape index (κ3) is 11.1. The molecular formula is C23H38O6. The van der Waals surface area contributed by atoms with Crippen LogP contribution < -0.4 is 0 Å². The molecule has 2 atom stereocenters. The van der Waals surface area contributed by atoms with E-state index in [9.17, 15) is 14.4 Å². The van der Waals surface area contributed by atoms with E-state index >= 15 is 0 Å². The van der Waals surface area contributed by atoms with Crippen LogP contribution >= 0.6 is 0 Å². The lowest BCUT2D eigenvalue weighted by molar-refractivity contribution is -0.176. The zero-order chi connectivity index (χ0) is 21.5. The minimum Gasteiger partial charge on any atom is -0.458 e. The van der Waals surface area contributed by atoms with E-state index in [0.29, 0.717) is 18.4 Å². The molecule has 0 saturated heterocycles. The van der Waals surface area contributed by atoms with Crippen LogP contribution in [-0.2, 0) is 28.6 Å². The molecule has 0 bridgehead atoms. The van der Waals surface area contributed by atoms with Crippen molar-refractivity contribution >= 4 is 17.9 Å². The average molecular weight is 411 g/mol. The standard InChI is InChI=1S/C23H38O6/c1-4-6-8-10-12-13-15-20(27-18(3)24)19-17-22(26)29-23(19)28-21(25)16-14-11-9-7-5-2/h17,20,23H,4-16H2,1-3H3. The van der Waals surface area contributed by atoms with Crippen molar-refractivity contribution in [2.75, 3.05) is 0 Å². The van der Waals surface area contributed by atoms with Crippen LogP contribution in [0.15, 0.2) is 11.6 Å². The fourth-order valence-electron chi connectivity index (χ4n) is 3.40. The van der Waals surface area contributed by atoms with Gasteiger partial charge < -0.3 is 14.2 Å². The summed E-state index contributed by atoms with van der Waals surface area (Å²) in [6, 6.07) is 0. The monoisotopic (exact) mass is 410 g/mol. The van der Waals surface area contributed by atoms with Crippen molar-refractivity contribution in [2.24, 2.45) is 0 Å². The van der Waals surface area contributed by atoms with Crippen LogP contribution in [0.5, 0.6) is 0 Å². The zero-order valence-corrected chi connectivity index (χ0v) is 18.4. The Kier molecular flexibility index (Phi) is 13.1. The van der Waals surface area contributed by atoms with Crippen molar-refractivity contribution < 1.29 is 28.6 Å². The minimum absolute atomic E-state index is 0.292. The molecule has 0 saturated carbocycles. The lowest BCUT2D eigenvalue weighted by Crippen LogP contribution is -2.29. The van der Waals surface area contributed by atoms with Gasteiger partial charge >= 0.3 is 17.9 Å². The largest absolute Gasteiger partial charge is 0.458 e. The van der Waals surface area contributed by atoms with E-state index in [4.69, 9.17) is 14.2 Å². The van der Waals surface area contributed by atoms with Gasteiger partial charge in [0.25, 0.3) is 6.29 Å². The Morgan fingerprint density at radius 2 is 1.55 bits per heavy atom. The van der Waals surface area contributed by atoms with Gasteiger partial charge in [-0.05, 0) is 19.3 Å². The van der Waals surface area contributed by atoms with Gasteiger partial charge in [-0.25, -0.2) is 4.79 Å². The maximum Gasteiger partial charge on any atom is 0.334 e. The first kappa shape index (κ1) is 25.2. The van der Waals surface area contributed by atoms with E-state index in [1.54, 1.807) is 0 Å². The normalized spacial score (nSPS) is 16.9. The molecule has 166 valence electrons. The first-order valence-electron chi connectivity index (χ1n) is 11.3. The van der Waals surface area contributed by atoms with Crippen molar-refractivity contribution in [3.05, 3.63) is 11.6 Å². The number of rotatable bonds is 16. The summed E-state index contributed by atoms with van der Waals surface area (Å²) in [6.07, 6.45) is 12.2. The van der Waals surface area contributed by atoms with Crippen molar-refractivity contribution in [1.82, 2.24) is 0 Å². The molecule has 1 heterocycles. The number of ether oxygens (including phenoxy) is 3. The zero-order valence-electron chi connectivity index (χ0n) is 18.4. The first-order valence-corrected chi connectivity index (χ1v) is 11.3. The Morgan fingerprint density at radius 1 is 0.966 bits per heavy atom. The maximum atomic E-state index is 12.1. The van der Waals surface area contributed by atoms with E-state index in [1.165, 1.54) is 32.3 Å².